The van der Waals surface area contributed by atoms with Gasteiger partial charge in [-0.25, -0.2) is 8.42 Å². The third-order valence-electron chi connectivity index (χ3n) is 5.88. The molecule has 1 aliphatic rings. The predicted octanol–water partition coefficient (Wildman–Crippen LogP) is 4.77. The molecule has 0 radical (unpaired) electrons. The van der Waals surface area contributed by atoms with E-state index in [0.717, 1.165) is 21.9 Å². The fraction of sp³-hybridized carbons (Fsp3) is 0.250. The Hall–Kier alpha value is -3.03. The highest BCUT2D eigenvalue weighted by Crippen LogP contribution is 2.31. The van der Waals surface area contributed by atoms with Crippen molar-refractivity contribution in [2.75, 3.05) is 13.1 Å². The lowest BCUT2D eigenvalue weighted by molar-refractivity contribution is 0.271. The van der Waals surface area contributed by atoms with Gasteiger partial charge in [-0.1, -0.05) is 59.3 Å². The summed E-state index contributed by atoms with van der Waals surface area (Å²) in [5.41, 5.74) is 2.06. The normalized spacial score (nSPS) is 16.0. The molecule has 0 unspecified atom stereocenters. The highest BCUT2D eigenvalue weighted by Gasteiger charge is 2.32. The van der Waals surface area contributed by atoms with Crippen LogP contribution in [0.5, 0.6) is 0 Å². The Bertz CT molecular complexity index is 1340. The summed E-state index contributed by atoms with van der Waals surface area (Å²) in [6.45, 7) is 2.89. The number of rotatable bonds is 4. The van der Waals surface area contributed by atoms with E-state index in [1.54, 1.807) is 16.4 Å². The lowest BCUT2D eigenvalue weighted by atomic mass is 9.98. The molecule has 0 spiro atoms. The minimum Gasteiger partial charge on any atom is -0.339 e. The third-order valence-corrected chi connectivity index (χ3v) is 7.77. The smallest absolute Gasteiger partial charge is 0.243 e. The summed E-state index contributed by atoms with van der Waals surface area (Å²) in [5.74, 6) is 1.22. The first-order valence-electron chi connectivity index (χ1n) is 10.4. The van der Waals surface area contributed by atoms with E-state index < -0.39 is 10.0 Å². The zero-order valence-electron chi connectivity index (χ0n) is 17.2. The second kappa shape index (κ2) is 7.90. The molecule has 0 N–H and O–H groups in total. The first-order valence-corrected chi connectivity index (χ1v) is 11.8. The molecule has 2 heterocycles. The van der Waals surface area contributed by atoms with Crippen LogP contribution < -0.4 is 0 Å². The summed E-state index contributed by atoms with van der Waals surface area (Å²) in [6.07, 6.45) is 1.31. The molecule has 0 amide bonds. The van der Waals surface area contributed by atoms with Crippen LogP contribution in [0.4, 0.5) is 0 Å². The number of sulfonamides is 1. The van der Waals surface area contributed by atoms with Gasteiger partial charge < -0.3 is 4.52 Å². The van der Waals surface area contributed by atoms with Gasteiger partial charge in [0.25, 0.3) is 0 Å². The average molecular weight is 434 g/mol. The maximum Gasteiger partial charge on any atom is 0.243 e. The average Bonchev–Trinajstić information content (AvgIpc) is 3.29. The summed E-state index contributed by atoms with van der Waals surface area (Å²) >= 11 is 0. The topological polar surface area (TPSA) is 76.3 Å². The van der Waals surface area contributed by atoms with Gasteiger partial charge in [0.1, 0.15) is 0 Å². The molecular weight excluding hydrogens is 410 g/mol. The molecule has 0 atom stereocenters. The van der Waals surface area contributed by atoms with Crippen molar-refractivity contribution in [1.82, 2.24) is 14.4 Å². The molecule has 7 heteroatoms. The predicted molar refractivity (Wildman–Crippen MR) is 119 cm³/mol. The van der Waals surface area contributed by atoms with E-state index in [-0.39, 0.29) is 5.92 Å². The number of benzene rings is 3. The second-order valence-corrected chi connectivity index (χ2v) is 9.95. The van der Waals surface area contributed by atoms with E-state index >= 15 is 0 Å². The molecule has 0 saturated carbocycles. The molecule has 6 nitrogen and oxygen atoms in total. The molecule has 0 bridgehead atoms. The molecule has 3 aromatic carbocycles. The first-order chi connectivity index (χ1) is 15.0. The molecular formula is C24H23N3O3S. The van der Waals surface area contributed by atoms with Crippen molar-refractivity contribution in [3.8, 4) is 11.4 Å². The van der Waals surface area contributed by atoms with Crippen molar-refractivity contribution < 1.29 is 12.9 Å². The molecule has 1 saturated heterocycles. The Morgan fingerprint density at radius 2 is 1.71 bits per heavy atom. The first kappa shape index (κ1) is 19.9. The number of fused-ring (bicyclic) bond motifs is 1. The van der Waals surface area contributed by atoms with E-state index in [1.165, 1.54) is 0 Å². The van der Waals surface area contributed by atoms with Crippen molar-refractivity contribution >= 4 is 20.8 Å². The number of nitrogens with zero attached hydrogens (tertiary/aromatic N) is 3. The van der Waals surface area contributed by atoms with Gasteiger partial charge >= 0.3 is 0 Å². The quantitative estimate of drug-likeness (QED) is 0.463. The Kier molecular flexibility index (Phi) is 5.08. The lowest BCUT2D eigenvalue weighted by Crippen LogP contribution is -2.37. The highest BCUT2D eigenvalue weighted by atomic mass is 32.2. The van der Waals surface area contributed by atoms with Crippen molar-refractivity contribution in [1.29, 1.82) is 0 Å². The van der Waals surface area contributed by atoms with E-state index in [4.69, 9.17) is 4.52 Å². The molecule has 158 valence electrons. The van der Waals surface area contributed by atoms with Gasteiger partial charge in [-0.05, 0) is 48.7 Å². The number of piperidine rings is 1. The number of hydrogen-bond acceptors (Lipinski definition) is 5. The molecule has 0 aliphatic carbocycles. The van der Waals surface area contributed by atoms with Crippen LogP contribution in [0.3, 0.4) is 0 Å². The highest BCUT2D eigenvalue weighted by molar-refractivity contribution is 7.89. The van der Waals surface area contributed by atoms with Gasteiger partial charge in [0.15, 0.2) is 0 Å². The number of aromatic nitrogens is 2. The third kappa shape index (κ3) is 3.86. The molecule has 1 fully saturated rings. The lowest BCUT2D eigenvalue weighted by Gasteiger charge is -2.29. The summed E-state index contributed by atoms with van der Waals surface area (Å²) in [4.78, 5) is 4.92. The van der Waals surface area contributed by atoms with E-state index in [1.807, 2.05) is 61.5 Å². The van der Waals surface area contributed by atoms with Gasteiger partial charge in [-0.3, -0.25) is 0 Å². The van der Waals surface area contributed by atoms with Crippen molar-refractivity contribution in [2.45, 2.75) is 30.6 Å². The summed E-state index contributed by atoms with van der Waals surface area (Å²) < 4.78 is 33.4. The Morgan fingerprint density at radius 3 is 2.48 bits per heavy atom. The minimum atomic E-state index is -3.53. The van der Waals surface area contributed by atoms with Gasteiger partial charge in [-0.15, -0.1) is 0 Å². The molecule has 5 rings (SSSR count). The van der Waals surface area contributed by atoms with E-state index in [9.17, 15) is 8.42 Å². The Balaban J connectivity index is 1.31. The second-order valence-electron chi connectivity index (χ2n) is 8.01. The van der Waals surface area contributed by atoms with Gasteiger partial charge in [0, 0.05) is 24.6 Å². The van der Waals surface area contributed by atoms with Crippen LogP contribution in [-0.4, -0.2) is 36.0 Å². The Labute approximate surface area is 181 Å². The fourth-order valence-electron chi connectivity index (χ4n) is 4.12. The van der Waals surface area contributed by atoms with Crippen LogP contribution in [0.25, 0.3) is 22.2 Å². The minimum absolute atomic E-state index is 0.0640. The summed E-state index contributed by atoms with van der Waals surface area (Å²) in [7, 11) is -3.53. The summed E-state index contributed by atoms with van der Waals surface area (Å²) in [6, 6.07) is 21.1. The SMILES string of the molecule is Cc1cccc(-c2noc(C3CCN(S(=O)(=O)c4ccc5ccccc5c4)CC3)n2)c1. The van der Waals surface area contributed by atoms with Crippen LogP contribution in [0.1, 0.15) is 30.2 Å². The maximum absolute atomic E-state index is 13.2. The standard InChI is InChI=1S/C24H23N3O3S/c1-17-5-4-8-21(15-17)23-25-24(30-26-23)19-11-13-27(14-12-19)31(28,29)22-10-9-18-6-2-3-7-20(18)16-22/h2-10,15-16,19H,11-14H2,1H3. The number of aryl methyl sites for hydroxylation is 1. The zero-order valence-corrected chi connectivity index (χ0v) is 18.0. The van der Waals surface area contributed by atoms with Crippen molar-refractivity contribution in [3.05, 3.63) is 78.2 Å². The van der Waals surface area contributed by atoms with Crippen LogP contribution in [0.2, 0.25) is 0 Å². The van der Waals surface area contributed by atoms with E-state index in [0.29, 0.717) is 42.5 Å². The van der Waals surface area contributed by atoms with Crippen LogP contribution in [0.15, 0.2) is 76.1 Å². The molecule has 1 aliphatic heterocycles. The number of hydrogen-bond donors (Lipinski definition) is 0. The molecule has 31 heavy (non-hydrogen) atoms. The molecule has 1 aromatic heterocycles. The van der Waals surface area contributed by atoms with Crippen LogP contribution in [-0.2, 0) is 10.0 Å². The molecule has 4 aromatic rings. The van der Waals surface area contributed by atoms with Crippen molar-refractivity contribution in [3.63, 3.8) is 0 Å². The van der Waals surface area contributed by atoms with Gasteiger partial charge in [0.05, 0.1) is 4.90 Å². The van der Waals surface area contributed by atoms with Gasteiger partial charge in [-0.2, -0.15) is 9.29 Å². The van der Waals surface area contributed by atoms with Gasteiger partial charge in [0.2, 0.25) is 21.7 Å². The largest absolute Gasteiger partial charge is 0.339 e. The maximum atomic E-state index is 13.2. The van der Waals surface area contributed by atoms with Crippen LogP contribution >= 0.6 is 0 Å². The fourth-order valence-corrected chi connectivity index (χ4v) is 5.63. The summed E-state index contributed by atoms with van der Waals surface area (Å²) in [5, 5.41) is 6.08. The van der Waals surface area contributed by atoms with E-state index in [2.05, 4.69) is 10.1 Å². The van der Waals surface area contributed by atoms with Crippen LogP contribution in [0, 0.1) is 6.92 Å². The Morgan fingerprint density at radius 1 is 0.935 bits per heavy atom. The monoisotopic (exact) mass is 433 g/mol. The zero-order chi connectivity index (χ0) is 21.4. The van der Waals surface area contributed by atoms with Crippen molar-refractivity contribution in [2.24, 2.45) is 0 Å².